The van der Waals surface area contributed by atoms with Crippen LogP contribution in [0.15, 0.2) is 77.9 Å². The van der Waals surface area contributed by atoms with Gasteiger partial charge < -0.3 is 20.1 Å². The van der Waals surface area contributed by atoms with E-state index in [4.69, 9.17) is 9.47 Å². The van der Waals surface area contributed by atoms with Crippen molar-refractivity contribution in [2.45, 2.75) is 19.5 Å². The molecule has 0 saturated carbocycles. The van der Waals surface area contributed by atoms with E-state index in [1.54, 1.807) is 36.4 Å². The minimum absolute atomic E-state index is 0.279. The Labute approximate surface area is 222 Å². The number of ether oxygens (including phenoxy) is 2. The number of carbonyl (C=O) groups excluding carboxylic acids is 3. The number of carbonyl (C=O) groups is 3. The second-order valence-corrected chi connectivity index (χ2v) is 7.98. The van der Waals surface area contributed by atoms with Crippen molar-refractivity contribution < 1.29 is 37.0 Å². The molecule has 0 aliphatic carbocycles. The summed E-state index contributed by atoms with van der Waals surface area (Å²) in [5, 5.41) is 8.36. The van der Waals surface area contributed by atoms with Crippen LogP contribution in [0.5, 0.6) is 11.5 Å². The Morgan fingerprint density at radius 3 is 2.15 bits per heavy atom. The van der Waals surface area contributed by atoms with Crippen molar-refractivity contribution in [3.63, 3.8) is 0 Å². The van der Waals surface area contributed by atoms with Gasteiger partial charge in [0.25, 0.3) is 5.91 Å². The number of benzene rings is 3. The lowest BCUT2D eigenvalue weighted by Gasteiger charge is -2.13. The molecular formula is C27H25F3N4O5. The SMILES string of the molecule is CCCOc1ccc(NC(=O)C(=O)N/N=C\c2ccc(OCC(=O)Nc3ccccc3C(F)(F)F)cc2)cc1. The normalized spacial score (nSPS) is 11.1. The molecule has 0 bridgehead atoms. The van der Waals surface area contributed by atoms with Crippen molar-refractivity contribution in [3.05, 3.63) is 83.9 Å². The maximum Gasteiger partial charge on any atom is 0.418 e. The summed E-state index contributed by atoms with van der Waals surface area (Å²) in [6.45, 7) is 2.04. The first-order chi connectivity index (χ1) is 18.7. The van der Waals surface area contributed by atoms with Crippen LogP contribution >= 0.6 is 0 Å². The summed E-state index contributed by atoms with van der Waals surface area (Å²) >= 11 is 0. The average Bonchev–Trinajstić information content (AvgIpc) is 2.92. The smallest absolute Gasteiger partial charge is 0.418 e. The zero-order chi connectivity index (χ0) is 28.3. The summed E-state index contributed by atoms with van der Waals surface area (Å²) in [5.74, 6) is -1.72. The van der Waals surface area contributed by atoms with Gasteiger partial charge in [0.2, 0.25) is 0 Å². The largest absolute Gasteiger partial charge is 0.494 e. The maximum absolute atomic E-state index is 13.1. The number of hydrogen-bond acceptors (Lipinski definition) is 6. The second kappa shape index (κ2) is 13.6. The predicted octanol–water partition coefficient (Wildman–Crippen LogP) is 4.60. The minimum Gasteiger partial charge on any atom is -0.494 e. The molecule has 0 aliphatic heterocycles. The fraction of sp³-hybridized carbons (Fsp3) is 0.185. The van der Waals surface area contributed by atoms with E-state index in [0.29, 0.717) is 23.6 Å². The van der Waals surface area contributed by atoms with Gasteiger partial charge in [-0.05, 0) is 72.6 Å². The zero-order valence-electron chi connectivity index (χ0n) is 20.7. The molecule has 39 heavy (non-hydrogen) atoms. The topological polar surface area (TPSA) is 118 Å². The van der Waals surface area contributed by atoms with Crippen LogP contribution in [-0.4, -0.2) is 37.1 Å². The highest BCUT2D eigenvalue weighted by Gasteiger charge is 2.33. The highest BCUT2D eigenvalue weighted by molar-refractivity contribution is 6.39. The number of hydrazone groups is 1. The number of nitrogens with zero attached hydrogens (tertiary/aromatic N) is 1. The van der Waals surface area contributed by atoms with Gasteiger partial charge in [0.15, 0.2) is 6.61 Å². The molecule has 0 aliphatic rings. The fourth-order valence-electron chi connectivity index (χ4n) is 3.08. The predicted molar refractivity (Wildman–Crippen MR) is 139 cm³/mol. The van der Waals surface area contributed by atoms with Gasteiger partial charge in [-0.25, -0.2) is 5.43 Å². The molecular weight excluding hydrogens is 517 g/mol. The van der Waals surface area contributed by atoms with Gasteiger partial charge in [-0.1, -0.05) is 19.1 Å². The van der Waals surface area contributed by atoms with Crippen molar-refractivity contribution in [2.24, 2.45) is 5.10 Å². The lowest BCUT2D eigenvalue weighted by Crippen LogP contribution is -2.32. The Morgan fingerprint density at radius 1 is 0.846 bits per heavy atom. The standard InChI is InChI=1S/C27H25F3N4O5/c1-2-15-38-20-13-9-19(10-14-20)32-25(36)26(37)34-31-16-18-7-11-21(12-8-18)39-17-24(35)33-23-6-4-3-5-22(23)27(28,29)30/h3-14,16H,2,15,17H2,1H3,(H,32,36)(H,33,35)(H,34,37)/b31-16-. The lowest BCUT2D eigenvalue weighted by atomic mass is 10.1. The third-order valence-corrected chi connectivity index (χ3v) is 4.93. The van der Waals surface area contributed by atoms with Crippen molar-refractivity contribution >= 4 is 35.3 Å². The Kier molecular flexibility index (Phi) is 10.0. The van der Waals surface area contributed by atoms with Gasteiger partial charge in [0.05, 0.1) is 24.1 Å². The quantitative estimate of drug-likeness (QED) is 0.197. The van der Waals surface area contributed by atoms with Gasteiger partial charge in [0, 0.05) is 5.69 Å². The van der Waals surface area contributed by atoms with Crippen LogP contribution in [0.3, 0.4) is 0 Å². The summed E-state index contributed by atoms with van der Waals surface area (Å²) in [6.07, 6.45) is -2.46. The number of para-hydroxylation sites is 1. The lowest BCUT2D eigenvalue weighted by molar-refractivity contribution is -0.137. The first-order valence-electron chi connectivity index (χ1n) is 11.7. The minimum atomic E-state index is -4.61. The summed E-state index contributed by atoms with van der Waals surface area (Å²) in [4.78, 5) is 36.1. The van der Waals surface area contributed by atoms with Crippen LogP contribution in [0.25, 0.3) is 0 Å². The molecule has 3 rings (SSSR count). The third-order valence-electron chi connectivity index (χ3n) is 4.93. The number of anilines is 2. The molecule has 0 aromatic heterocycles. The number of halogens is 3. The molecule has 0 saturated heterocycles. The van der Waals surface area contributed by atoms with Crippen LogP contribution in [0.2, 0.25) is 0 Å². The van der Waals surface area contributed by atoms with E-state index in [1.165, 1.54) is 30.5 Å². The number of amides is 3. The molecule has 9 nitrogen and oxygen atoms in total. The van der Waals surface area contributed by atoms with E-state index in [-0.39, 0.29) is 11.4 Å². The molecule has 12 heteroatoms. The van der Waals surface area contributed by atoms with Crippen molar-refractivity contribution in [1.29, 1.82) is 0 Å². The molecule has 0 unspecified atom stereocenters. The van der Waals surface area contributed by atoms with Crippen LogP contribution in [0.4, 0.5) is 24.5 Å². The summed E-state index contributed by atoms with van der Waals surface area (Å²) < 4.78 is 49.9. The average molecular weight is 543 g/mol. The van der Waals surface area contributed by atoms with Crippen molar-refractivity contribution in [1.82, 2.24) is 5.43 Å². The Balaban J connectivity index is 1.43. The highest BCUT2D eigenvalue weighted by atomic mass is 19.4. The molecule has 0 fully saturated rings. The van der Waals surface area contributed by atoms with Gasteiger partial charge in [-0.2, -0.15) is 18.3 Å². The molecule has 0 heterocycles. The van der Waals surface area contributed by atoms with Crippen molar-refractivity contribution in [2.75, 3.05) is 23.8 Å². The summed E-state index contributed by atoms with van der Waals surface area (Å²) in [7, 11) is 0. The first kappa shape index (κ1) is 28.7. The molecule has 0 spiro atoms. The van der Waals surface area contributed by atoms with Gasteiger partial charge >= 0.3 is 18.0 Å². The van der Waals surface area contributed by atoms with Crippen LogP contribution in [-0.2, 0) is 20.6 Å². The number of rotatable bonds is 10. The Bertz CT molecular complexity index is 1310. The summed E-state index contributed by atoms with van der Waals surface area (Å²) in [5.41, 5.74) is 1.74. The molecule has 3 amide bonds. The maximum atomic E-state index is 13.1. The zero-order valence-corrected chi connectivity index (χ0v) is 20.7. The first-order valence-corrected chi connectivity index (χ1v) is 11.7. The van der Waals surface area contributed by atoms with E-state index in [0.717, 1.165) is 18.6 Å². The number of hydrogen-bond donors (Lipinski definition) is 3. The summed E-state index contributed by atoms with van der Waals surface area (Å²) in [6, 6.07) is 17.3. The van der Waals surface area contributed by atoms with E-state index >= 15 is 0 Å². The molecule has 0 radical (unpaired) electrons. The van der Waals surface area contributed by atoms with E-state index in [2.05, 4.69) is 21.2 Å². The Hall–Kier alpha value is -4.87. The molecule has 204 valence electrons. The van der Waals surface area contributed by atoms with Crippen LogP contribution in [0, 0.1) is 0 Å². The second-order valence-electron chi connectivity index (χ2n) is 7.98. The molecule has 3 aromatic rings. The van der Waals surface area contributed by atoms with Gasteiger partial charge in [0.1, 0.15) is 11.5 Å². The third kappa shape index (κ3) is 9.18. The fourth-order valence-corrected chi connectivity index (χ4v) is 3.08. The van der Waals surface area contributed by atoms with Crippen molar-refractivity contribution in [3.8, 4) is 11.5 Å². The van der Waals surface area contributed by atoms with E-state index in [9.17, 15) is 27.6 Å². The monoisotopic (exact) mass is 542 g/mol. The highest BCUT2D eigenvalue weighted by Crippen LogP contribution is 2.34. The molecule has 3 aromatic carbocycles. The number of alkyl halides is 3. The van der Waals surface area contributed by atoms with Crippen LogP contribution < -0.4 is 25.5 Å². The Morgan fingerprint density at radius 2 is 1.49 bits per heavy atom. The molecule has 3 N–H and O–H groups in total. The van der Waals surface area contributed by atoms with Gasteiger partial charge in [-0.15, -0.1) is 0 Å². The van der Waals surface area contributed by atoms with Crippen LogP contribution in [0.1, 0.15) is 24.5 Å². The number of nitrogens with one attached hydrogen (secondary N) is 3. The van der Waals surface area contributed by atoms with E-state index in [1.807, 2.05) is 6.92 Å². The van der Waals surface area contributed by atoms with E-state index < -0.39 is 36.1 Å². The van der Waals surface area contributed by atoms with Gasteiger partial charge in [-0.3, -0.25) is 14.4 Å². The molecule has 0 atom stereocenters.